The van der Waals surface area contributed by atoms with Crippen LogP contribution in [0.2, 0.25) is 0 Å². The van der Waals surface area contributed by atoms with Crippen LogP contribution in [0.3, 0.4) is 0 Å². The van der Waals surface area contributed by atoms with Crippen molar-refractivity contribution in [3.8, 4) is 0 Å². The zero-order valence-electron chi connectivity index (χ0n) is 10.7. The molecule has 1 unspecified atom stereocenters. The first-order valence-electron chi connectivity index (χ1n) is 6.19. The number of methoxy groups -OCH3 is 1. The number of hydrogen-bond acceptors (Lipinski definition) is 4. The van der Waals surface area contributed by atoms with Crippen LogP contribution in [-0.4, -0.2) is 31.6 Å². The Morgan fingerprint density at radius 1 is 1.39 bits per heavy atom. The van der Waals surface area contributed by atoms with Crippen molar-refractivity contribution in [2.45, 2.75) is 38.3 Å². The van der Waals surface area contributed by atoms with Gasteiger partial charge in [-0.1, -0.05) is 25.1 Å². The van der Waals surface area contributed by atoms with Gasteiger partial charge in [0.15, 0.2) is 12.4 Å². The largest absolute Gasteiger partial charge is 0.453 e. The van der Waals surface area contributed by atoms with Gasteiger partial charge in [-0.2, -0.15) is 0 Å². The van der Waals surface area contributed by atoms with E-state index >= 15 is 0 Å². The molecule has 1 aromatic rings. The van der Waals surface area contributed by atoms with Crippen molar-refractivity contribution in [1.82, 2.24) is 0 Å². The summed E-state index contributed by atoms with van der Waals surface area (Å²) in [7, 11) is 1.56. The predicted molar refractivity (Wildman–Crippen MR) is 66.2 cm³/mol. The third-order valence-corrected chi connectivity index (χ3v) is 3.08. The molecule has 3 atom stereocenters. The number of hydrogen-bond donors (Lipinski definition) is 0. The van der Waals surface area contributed by atoms with Gasteiger partial charge in [0.25, 0.3) is 0 Å². The van der Waals surface area contributed by atoms with E-state index in [1.807, 2.05) is 25.1 Å². The molecule has 0 bridgehead atoms. The molecule has 1 fully saturated rings. The summed E-state index contributed by atoms with van der Waals surface area (Å²) in [6.07, 6.45) is 0.895. The first-order chi connectivity index (χ1) is 8.74. The zero-order valence-corrected chi connectivity index (χ0v) is 10.7. The van der Waals surface area contributed by atoms with Crippen molar-refractivity contribution >= 4 is 5.97 Å². The second-order valence-corrected chi connectivity index (χ2v) is 4.32. The highest BCUT2D eigenvalue weighted by atomic mass is 16.7. The van der Waals surface area contributed by atoms with Gasteiger partial charge in [-0.25, -0.2) is 4.79 Å². The van der Waals surface area contributed by atoms with E-state index in [1.165, 1.54) is 0 Å². The highest BCUT2D eigenvalue weighted by Gasteiger charge is 2.37. The van der Waals surface area contributed by atoms with E-state index in [0.717, 1.165) is 6.42 Å². The number of carbonyl (C=O) groups excluding carboxylic acids is 1. The molecule has 0 aliphatic carbocycles. The summed E-state index contributed by atoms with van der Waals surface area (Å²) in [4.78, 5) is 11.9. The van der Waals surface area contributed by atoms with Gasteiger partial charge >= 0.3 is 5.97 Å². The Balaban J connectivity index is 1.98. The molecule has 1 heterocycles. The van der Waals surface area contributed by atoms with Crippen LogP contribution in [0.4, 0.5) is 0 Å². The van der Waals surface area contributed by atoms with Crippen molar-refractivity contribution in [2.24, 2.45) is 0 Å². The minimum absolute atomic E-state index is 0.100. The molecular formula is C14H18O4. The summed E-state index contributed by atoms with van der Waals surface area (Å²) in [6, 6.07) is 8.95. The van der Waals surface area contributed by atoms with Gasteiger partial charge in [0.2, 0.25) is 0 Å². The Kier molecular flexibility index (Phi) is 4.33. The lowest BCUT2D eigenvalue weighted by molar-refractivity contribution is -0.150. The quantitative estimate of drug-likeness (QED) is 0.770. The van der Waals surface area contributed by atoms with Crippen LogP contribution in [0.25, 0.3) is 0 Å². The summed E-state index contributed by atoms with van der Waals surface area (Å²) in [5, 5.41) is 0. The van der Waals surface area contributed by atoms with Crippen LogP contribution in [0, 0.1) is 0 Å². The van der Waals surface area contributed by atoms with Crippen molar-refractivity contribution in [1.29, 1.82) is 0 Å². The second kappa shape index (κ2) is 5.98. The normalized spacial score (nSPS) is 27.1. The van der Waals surface area contributed by atoms with Crippen molar-refractivity contribution in [3.05, 3.63) is 35.9 Å². The van der Waals surface area contributed by atoms with Crippen LogP contribution in [0.1, 0.15) is 30.1 Å². The SMILES string of the molecule is CC[C@@H]1C[C@@H](OC(=O)c2ccccc2)C(OC)O1. The number of esters is 1. The Bertz CT molecular complexity index is 390. The maximum Gasteiger partial charge on any atom is 0.338 e. The first kappa shape index (κ1) is 13.1. The highest BCUT2D eigenvalue weighted by molar-refractivity contribution is 5.89. The molecule has 0 saturated carbocycles. The number of benzene rings is 1. The molecule has 0 radical (unpaired) electrons. The third kappa shape index (κ3) is 2.89. The van der Waals surface area contributed by atoms with Crippen molar-refractivity contribution < 1.29 is 19.0 Å². The number of rotatable bonds is 4. The zero-order chi connectivity index (χ0) is 13.0. The van der Waals surface area contributed by atoms with Gasteiger partial charge in [-0.3, -0.25) is 0 Å². The highest BCUT2D eigenvalue weighted by Crippen LogP contribution is 2.26. The Labute approximate surface area is 107 Å². The molecule has 0 aromatic heterocycles. The summed E-state index contributed by atoms with van der Waals surface area (Å²) in [5.41, 5.74) is 0.548. The standard InChI is InChI=1S/C14H18O4/c1-3-11-9-12(14(16-2)17-11)18-13(15)10-7-5-4-6-8-10/h4-8,11-12,14H,3,9H2,1-2H3/t11-,12-,14?/m1/s1. The van der Waals surface area contributed by atoms with E-state index in [4.69, 9.17) is 14.2 Å². The van der Waals surface area contributed by atoms with E-state index in [9.17, 15) is 4.79 Å². The van der Waals surface area contributed by atoms with Crippen LogP contribution < -0.4 is 0 Å². The molecule has 18 heavy (non-hydrogen) atoms. The maximum absolute atomic E-state index is 11.9. The number of carbonyl (C=O) groups is 1. The average Bonchev–Trinajstić information content (AvgIpc) is 2.82. The predicted octanol–water partition coefficient (Wildman–Crippen LogP) is 2.38. The molecule has 0 amide bonds. The Morgan fingerprint density at radius 3 is 2.72 bits per heavy atom. The molecular weight excluding hydrogens is 232 g/mol. The van der Waals surface area contributed by atoms with Gasteiger partial charge < -0.3 is 14.2 Å². The van der Waals surface area contributed by atoms with Crippen LogP contribution in [0.15, 0.2) is 30.3 Å². The maximum atomic E-state index is 11.9. The van der Waals surface area contributed by atoms with Crippen LogP contribution >= 0.6 is 0 Å². The fourth-order valence-electron chi connectivity index (χ4n) is 2.06. The average molecular weight is 250 g/mol. The summed E-state index contributed by atoms with van der Waals surface area (Å²) in [5.74, 6) is -0.331. The van der Waals surface area contributed by atoms with E-state index in [0.29, 0.717) is 12.0 Å². The van der Waals surface area contributed by atoms with Gasteiger partial charge in [0.05, 0.1) is 11.7 Å². The van der Waals surface area contributed by atoms with Crippen LogP contribution in [-0.2, 0) is 14.2 Å². The van der Waals surface area contributed by atoms with Crippen molar-refractivity contribution in [2.75, 3.05) is 7.11 Å². The lowest BCUT2D eigenvalue weighted by atomic mass is 10.1. The lowest BCUT2D eigenvalue weighted by Gasteiger charge is -2.17. The van der Waals surface area contributed by atoms with E-state index < -0.39 is 6.29 Å². The summed E-state index contributed by atoms with van der Waals surface area (Å²) in [6.45, 7) is 2.04. The Morgan fingerprint density at radius 2 is 2.11 bits per heavy atom. The minimum atomic E-state index is -0.456. The second-order valence-electron chi connectivity index (χ2n) is 4.32. The van der Waals surface area contributed by atoms with Gasteiger partial charge in [-0.05, 0) is 18.6 Å². The molecule has 2 rings (SSSR count). The van der Waals surface area contributed by atoms with E-state index in [1.54, 1.807) is 19.2 Å². The van der Waals surface area contributed by atoms with Gasteiger partial charge in [-0.15, -0.1) is 0 Å². The summed E-state index contributed by atoms with van der Waals surface area (Å²) >= 11 is 0. The van der Waals surface area contributed by atoms with Crippen molar-refractivity contribution in [3.63, 3.8) is 0 Å². The fraction of sp³-hybridized carbons (Fsp3) is 0.500. The monoisotopic (exact) mass is 250 g/mol. The topological polar surface area (TPSA) is 44.8 Å². The van der Waals surface area contributed by atoms with E-state index in [2.05, 4.69) is 0 Å². The molecule has 4 heteroatoms. The Hall–Kier alpha value is -1.39. The molecule has 1 aliphatic heterocycles. The van der Waals surface area contributed by atoms with Gasteiger partial charge in [0.1, 0.15) is 0 Å². The van der Waals surface area contributed by atoms with Gasteiger partial charge in [0, 0.05) is 13.5 Å². The smallest absolute Gasteiger partial charge is 0.338 e. The molecule has 0 spiro atoms. The first-order valence-corrected chi connectivity index (χ1v) is 6.19. The molecule has 1 saturated heterocycles. The lowest BCUT2D eigenvalue weighted by Crippen LogP contribution is -2.28. The molecule has 98 valence electrons. The summed E-state index contributed by atoms with van der Waals surface area (Å²) < 4.78 is 16.2. The molecule has 0 N–H and O–H groups in total. The number of ether oxygens (including phenoxy) is 3. The third-order valence-electron chi connectivity index (χ3n) is 3.08. The minimum Gasteiger partial charge on any atom is -0.453 e. The molecule has 4 nitrogen and oxygen atoms in total. The van der Waals surface area contributed by atoms with E-state index in [-0.39, 0.29) is 18.2 Å². The molecule has 1 aliphatic rings. The fourth-order valence-corrected chi connectivity index (χ4v) is 2.06. The molecule has 1 aromatic carbocycles. The van der Waals surface area contributed by atoms with Crippen LogP contribution in [0.5, 0.6) is 0 Å².